The van der Waals surface area contributed by atoms with E-state index in [1.807, 2.05) is 30.3 Å². The first-order chi connectivity index (χ1) is 17.5. The molecule has 1 unspecified atom stereocenters. The van der Waals surface area contributed by atoms with Crippen molar-refractivity contribution in [1.82, 2.24) is 4.90 Å². The van der Waals surface area contributed by atoms with Crippen LogP contribution >= 0.6 is 0 Å². The Hall–Kier alpha value is -4.26. The van der Waals surface area contributed by atoms with Crippen LogP contribution in [0.3, 0.4) is 0 Å². The highest BCUT2D eigenvalue weighted by atomic mass is 16.5. The number of ether oxygens (including phenoxy) is 3. The molecule has 1 aliphatic heterocycles. The summed E-state index contributed by atoms with van der Waals surface area (Å²) in [6.07, 6.45) is 0.695. The number of carbonyl (C=O) groups excluding carboxylic acids is 2. The van der Waals surface area contributed by atoms with Gasteiger partial charge >= 0.3 is 0 Å². The van der Waals surface area contributed by atoms with Crippen LogP contribution in [0.5, 0.6) is 17.2 Å². The molecular formula is C29H29NO6. The van der Waals surface area contributed by atoms with E-state index in [1.54, 1.807) is 62.8 Å². The number of amides is 1. The number of rotatable bonds is 11. The lowest BCUT2D eigenvalue weighted by Gasteiger charge is -2.27. The first-order valence-electron chi connectivity index (χ1n) is 11.7. The molecule has 0 spiro atoms. The van der Waals surface area contributed by atoms with E-state index in [2.05, 4.69) is 0 Å². The highest BCUT2D eigenvalue weighted by Gasteiger charge is 2.43. The minimum absolute atomic E-state index is 0.116. The van der Waals surface area contributed by atoms with Gasteiger partial charge in [-0.2, -0.15) is 0 Å². The number of aliphatic hydroxyl groups excluding tert-OH is 1. The third-order valence-corrected chi connectivity index (χ3v) is 6.18. The molecule has 3 aromatic rings. The molecule has 0 aromatic heterocycles. The van der Waals surface area contributed by atoms with E-state index in [0.29, 0.717) is 29.2 Å². The second-order valence-corrected chi connectivity index (χ2v) is 8.37. The van der Waals surface area contributed by atoms with Crippen LogP contribution in [0.1, 0.15) is 23.6 Å². The number of nitrogens with zero attached hydrogens (tertiary/aromatic N) is 1. The van der Waals surface area contributed by atoms with Gasteiger partial charge in [0, 0.05) is 6.42 Å². The number of methoxy groups -OCH3 is 2. The van der Waals surface area contributed by atoms with Gasteiger partial charge in [0.2, 0.25) is 0 Å². The lowest BCUT2D eigenvalue weighted by Crippen LogP contribution is -2.34. The summed E-state index contributed by atoms with van der Waals surface area (Å²) in [6, 6.07) is 23.2. The summed E-state index contributed by atoms with van der Waals surface area (Å²) in [5, 5.41) is 10.8. The summed E-state index contributed by atoms with van der Waals surface area (Å²) < 4.78 is 16.2. The van der Waals surface area contributed by atoms with Crippen LogP contribution in [0.4, 0.5) is 0 Å². The van der Waals surface area contributed by atoms with Gasteiger partial charge < -0.3 is 24.2 Å². The topological polar surface area (TPSA) is 85.3 Å². The van der Waals surface area contributed by atoms with Crippen molar-refractivity contribution < 1.29 is 28.9 Å². The fourth-order valence-corrected chi connectivity index (χ4v) is 4.27. The fraction of sp³-hybridized carbons (Fsp3) is 0.241. The van der Waals surface area contributed by atoms with E-state index in [4.69, 9.17) is 14.2 Å². The van der Waals surface area contributed by atoms with Crippen molar-refractivity contribution in [2.24, 2.45) is 0 Å². The van der Waals surface area contributed by atoms with E-state index in [-0.39, 0.29) is 30.9 Å². The number of aliphatic hydroxyl groups is 1. The largest absolute Gasteiger partial charge is 0.503 e. The monoisotopic (exact) mass is 487 g/mol. The summed E-state index contributed by atoms with van der Waals surface area (Å²) in [7, 11) is 3.16. The molecule has 0 bridgehead atoms. The van der Waals surface area contributed by atoms with Crippen LogP contribution in [0.25, 0.3) is 0 Å². The molecule has 1 aliphatic rings. The zero-order valence-corrected chi connectivity index (χ0v) is 20.3. The van der Waals surface area contributed by atoms with Gasteiger partial charge in [0.1, 0.15) is 23.9 Å². The Morgan fingerprint density at radius 3 is 2.06 bits per heavy atom. The van der Waals surface area contributed by atoms with Crippen LogP contribution in [0.2, 0.25) is 0 Å². The molecule has 0 fully saturated rings. The van der Waals surface area contributed by atoms with E-state index in [1.165, 1.54) is 4.90 Å². The van der Waals surface area contributed by atoms with E-state index < -0.39 is 17.7 Å². The Morgan fingerprint density at radius 2 is 1.44 bits per heavy atom. The second-order valence-electron chi connectivity index (χ2n) is 8.37. The standard InChI is InChI=1S/C29H29NO6/c1-34-22-11-9-21(10-12-22)27-26(25(31)17-8-20-6-4-3-5-7-20)28(32)29(33)30(27)18-19-36-24-15-13-23(35-2)14-16-24/h3-7,9-16,27,32H,8,17-19H2,1-2H3. The number of ketones is 1. The van der Waals surface area contributed by atoms with Crippen molar-refractivity contribution in [2.45, 2.75) is 18.9 Å². The minimum Gasteiger partial charge on any atom is -0.503 e. The fourth-order valence-electron chi connectivity index (χ4n) is 4.27. The lowest BCUT2D eigenvalue weighted by atomic mass is 9.93. The molecule has 1 amide bonds. The van der Waals surface area contributed by atoms with Crippen molar-refractivity contribution in [3.8, 4) is 17.2 Å². The zero-order valence-electron chi connectivity index (χ0n) is 20.3. The molecule has 186 valence electrons. The molecule has 0 aliphatic carbocycles. The van der Waals surface area contributed by atoms with Crippen molar-refractivity contribution >= 4 is 11.7 Å². The van der Waals surface area contributed by atoms with Gasteiger partial charge in [-0.3, -0.25) is 9.59 Å². The molecule has 7 heteroatoms. The van der Waals surface area contributed by atoms with Crippen LogP contribution in [0, 0.1) is 0 Å². The van der Waals surface area contributed by atoms with Crippen LogP contribution in [-0.4, -0.2) is 49.1 Å². The van der Waals surface area contributed by atoms with Gasteiger partial charge in [0.05, 0.1) is 32.4 Å². The Bertz CT molecular complexity index is 1220. The van der Waals surface area contributed by atoms with Gasteiger partial charge in [0.15, 0.2) is 11.5 Å². The maximum Gasteiger partial charge on any atom is 0.290 e. The Morgan fingerprint density at radius 1 is 0.861 bits per heavy atom. The maximum atomic E-state index is 13.3. The third-order valence-electron chi connectivity index (χ3n) is 6.18. The van der Waals surface area contributed by atoms with Crippen molar-refractivity contribution in [3.05, 3.63) is 101 Å². The first kappa shape index (κ1) is 24.9. The van der Waals surface area contributed by atoms with Gasteiger partial charge in [-0.25, -0.2) is 0 Å². The SMILES string of the molecule is COc1ccc(OCCN2C(=O)C(O)=C(C(=O)CCc3ccccc3)C2c2ccc(OC)cc2)cc1. The van der Waals surface area contributed by atoms with Crippen molar-refractivity contribution in [2.75, 3.05) is 27.4 Å². The van der Waals surface area contributed by atoms with E-state index in [9.17, 15) is 14.7 Å². The number of hydrogen-bond acceptors (Lipinski definition) is 6. The molecule has 1 heterocycles. The normalized spacial score (nSPS) is 15.2. The Labute approximate surface area is 210 Å². The highest BCUT2D eigenvalue weighted by Crippen LogP contribution is 2.38. The molecular weight excluding hydrogens is 458 g/mol. The minimum atomic E-state index is -0.717. The smallest absolute Gasteiger partial charge is 0.290 e. The van der Waals surface area contributed by atoms with Gasteiger partial charge in [-0.15, -0.1) is 0 Å². The summed E-state index contributed by atoms with van der Waals surface area (Å²) >= 11 is 0. The third kappa shape index (κ3) is 5.51. The maximum absolute atomic E-state index is 13.3. The summed E-state index contributed by atoms with van der Waals surface area (Å²) in [5.74, 6) is 0.645. The molecule has 1 N–H and O–H groups in total. The zero-order chi connectivity index (χ0) is 25.5. The molecule has 3 aromatic carbocycles. The molecule has 4 rings (SSSR count). The number of aryl methyl sites for hydroxylation is 1. The van der Waals surface area contributed by atoms with Gasteiger partial charge in [-0.1, -0.05) is 42.5 Å². The van der Waals surface area contributed by atoms with Crippen LogP contribution < -0.4 is 14.2 Å². The average molecular weight is 488 g/mol. The van der Waals surface area contributed by atoms with Crippen molar-refractivity contribution in [3.63, 3.8) is 0 Å². The Kier molecular flexibility index (Phi) is 7.90. The predicted molar refractivity (Wildman–Crippen MR) is 135 cm³/mol. The summed E-state index contributed by atoms with van der Waals surface area (Å²) in [6.45, 7) is 0.366. The number of carbonyl (C=O) groups is 2. The lowest BCUT2D eigenvalue weighted by molar-refractivity contribution is -0.129. The summed E-state index contributed by atoms with van der Waals surface area (Å²) in [5.41, 5.74) is 1.84. The number of hydrogen-bond donors (Lipinski definition) is 1. The average Bonchev–Trinajstić information content (AvgIpc) is 3.18. The quantitative estimate of drug-likeness (QED) is 0.423. The molecule has 0 saturated heterocycles. The molecule has 0 radical (unpaired) electrons. The summed E-state index contributed by atoms with van der Waals surface area (Å²) in [4.78, 5) is 27.9. The predicted octanol–water partition coefficient (Wildman–Crippen LogP) is 4.68. The van der Waals surface area contributed by atoms with E-state index in [0.717, 1.165) is 5.56 Å². The van der Waals surface area contributed by atoms with Gasteiger partial charge in [0.25, 0.3) is 5.91 Å². The number of benzene rings is 3. The van der Waals surface area contributed by atoms with E-state index >= 15 is 0 Å². The second kappa shape index (κ2) is 11.4. The molecule has 1 atom stereocenters. The first-order valence-corrected chi connectivity index (χ1v) is 11.7. The number of Topliss-reactive ketones (excluding diaryl/α,β-unsaturated/α-hetero) is 1. The van der Waals surface area contributed by atoms with Crippen LogP contribution in [0.15, 0.2) is 90.2 Å². The molecule has 7 nitrogen and oxygen atoms in total. The Balaban J connectivity index is 1.54. The molecule has 0 saturated carbocycles. The van der Waals surface area contributed by atoms with Crippen molar-refractivity contribution in [1.29, 1.82) is 0 Å². The van der Waals surface area contributed by atoms with Crippen LogP contribution in [-0.2, 0) is 16.0 Å². The molecule has 36 heavy (non-hydrogen) atoms. The van der Waals surface area contributed by atoms with Gasteiger partial charge in [-0.05, 0) is 53.9 Å². The highest BCUT2D eigenvalue weighted by molar-refractivity contribution is 6.09.